The minimum absolute atomic E-state index is 0.102. The first kappa shape index (κ1) is 15.3. The van der Waals surface area contributed by atoms with Gasteiger partial charge in [-0.1, -0.05) is 27.2 Å². The average Bonchev–Trinajstić information content (AvgIpc) is 2.13. The molecule has 0 heterocycles. The molecule has 0 aliphatic rings. The number of ether oxygens (including phenoxy) is 2. The van der Waals surface area contributed by atoms with Gasteiger partial charge >= 0.3 is 6.16 Å². The molecular formula is C13H26O3. The molecule has 1 atom stereocenters. The molecule has 3 heteroatoms. The Labute approximate surface area is 99.5 Å². The van der Waals surface area contributed by atoms with E-state index in [9.17, 15) is 4.79 Å². The number of carbonyl (C=O) groups excluding carboxylic acids is 1. The van der Waals surface area contributed by atoms with Crippen molar-refractivity contribution in [3.05, 3.63) is 0 Å². The molecule has 96 valence electrons. The van der Waals surface area contributed by atoms with Crippen molar-refractivity contribution in [2.75, 3.05) is 0 Å². The van der Waals surface area contributed by atoms with E-state index in [-0.39, 0.29) is 6.10 Å². The molecule has 16 heavy (non-hydrogen) atoms. The predicted octanol–water partition coefficient (Wildman–Crippen LogP) is 4.15. The van der Waals surface area contributed by atoms with Crippen LogP contribution in [-0.2, 0) is 9.47 Å². The van der Waals surface area contributed by atoms with E-state index in [0.717, 1.165) is 19.3 Å². The van der Waals surface area contributed by atoms with Gasteiger partial charge in [0.1, 0.15) is 11.7 Å². The highest BCUT2D eigenvalue weighted by Gasteiger charge is 2.24. The zero-order valence-electron chi connectivity index (χ0n) is 11.5. The Balaban J connectivity index is 4.03. The number of carbonyl (C=O) groups is 1. The lowest BCUT2D eigenvalue weighted by atomic mass is 10.0. The minimum atomic E-state index is -0.553. The molecule has 0 saturated carbocycles. The van der Waals surface area contributed by atoms with Gasteiger partial charge in [0.15, 0.2) is 0 Å². The van der Waals surface area contributed by atoms with Gasteiger partial charge in [0.25, 0.3) is 0 Å². The van der Waals surface area contributed by atoms with Gasteiger partial charge in [-0.2, -0.15) is 0 Å². The molecule has 0 saturated heterocycles. The first-order chi connectivity index (χ1) is 7.28. The molecule has 0 aromatic carbocycles. The summed E-state index contributed by atoms with van der Waals surface area (Å²) in [5, 5.41) is 0. The van der Waals surface area contributed by atoms with Crippen LogP contribution in [0.5, 0.6) is 0 Å². The summed E-state index contributed by atoms with van der Waals surface area (Å²) in [5.41, 5.74) is -0.427. The summed E-state index contributed by atoms with van der Waals surface area (Å²) >= 11 is 0. The Morgan fingerprint density at radius 3 is 2.25 bits per heavy atom. The van der Waals surface area contributed by atoms with E-state index >= 15 is 0 Å². The van der Waals surface area contributed by atoms with Crippen molar-refractivity contribution in [3.8, 4) is 0 Å². The third kappa shape index (κ3) is 6.70. The van der Waals surface area contributed by atoms with Crippen LogP contribution >= 0.6 is 0 Å². The summed E-state index contributed by atoms with van der Waals surface area (Å²) in [6, 6.07) is 0. The number of rotatable bonds is 6. The van der Waals surface area contributed by atoms with Crippen LogP contribution in [-0.4, -0.2) is 17.9 Å². The third-order valence-corrected chi connectivity index (χ3v) is 2.71. The molecule has 3 nitrogen and oxygen atoms in total. The van der Waals surface area contributed by atoms with Crippen LogP contribution in [0.25, 0.3) is 0 Å². The third-order valence-electron chi connectivity index (χ3n) is 2.71. The van der Waals surface area contributed by atoms with E-state index in [1.807, 2.05) is 34.6 Å². The van der Waals surface area contributed by atoms with Crippen molar-refractivity contribution in [2.24, 2.45) is 5.92 Å². The molecule has 0 bridgehead atoms. The van der Waals surface area contributed by atoms with Crippen LogP contribution < -0.4 is 0 Å². The number of hydrogen-bond donors (Lipinski definition) is 0. The van der Waals surface area contributed by atoms with Crippen LogP contribution in [0.4, 0.5) is 4.79 Å². The first-order valence-corrected chi connectivity index (χ1v) is 6.18. The molecule has 1 unspecified atom stereocenters. The van der Waals surface area contributed by atoms with Gasteiger partial charge in [0.05, 0.1) is 0 Å². The molecule has 0 aromatic rings. The van der Waals surface area contributed by atoms with Crippen molar-refractivity contribution in [2.45, 2.75) is 72.5 Å². The second-order valence-corrected chi connectivity index (χ2v) is 5.28. The molecule has 0 spiro atoms. The molecule has 0 rings (SSSR count). The van der Waals surface area contributed by atoms with Gasteiger partial charge in [-0.05, 0) is 39.5 Å². The van der Waals surface area contributed by atoms with Crippen LogP contribution in [0, 0.1) is 5.92 Å². The highest BCUT2D eigenvalue weighted by molar-refractivity contribution is 5.60. The van der Waals surface area contributed by atoms with E-state index in [4.69, 9.17) is 9.47 Å². The second-order valence-electron chi connectivity index (χ2n) is 5.28. The normalized spacial score (nSPS) is 13.7. The Morgan fingerprint density at radius 1 is 1.25 bits per heavy atom. The Hall–Kier alpha value is -0.730. The highest BCUT2D eigenvalue weighted by atomic mass is 16.7. The Bertz CT molecular complexity index is 209. The van der Waals surface area contributed by atoms with Gasteiger partial charge in [-0.15, -0.1) is 0 Å². The summed E-state index contributed by atoms with van der Waals surface area (Å²) in [7, 11) is 0. The zero-order valence-corrected chi connectivity index (χ0v) is 11.5. The molecule has 0 fully saturated rings. The molecule has 0 N–H and O–H groups in total. The molecule has 0 aliphatic heterocycles. The molecule has 0 aliphatic carbocycles. The van der Waals surface area contributed by atoms with E-state index in [2.05, 4.69) is 6.92 Å². The van der Waals surface area contributed by atoms with Crippen molar-refractivity contribution < 1.29 is 14.3 Å². The lowest BCUT2D eigenvalue weighted by Crippen LogP contribution is -2.31. The fraction of sp³-hybridized carbons (Fsp3) is 0.923. The summed E-state index contributed by atoms with van der Waals surface area (Å²) in [4.78, 5) is 11.5. The quantitative estimate of drug-likeness (QED) is 0.643. The smallest absolute Gasteiger partial charge is 0.431 e. The minimum Gasteiger partial charge on any atom is -0.431 e. The Kier molecular flexibility index (Phi) is 6.46. The number of unbranched alkanes of at least 4 members (excludes halogenated alkanes) is 1. The van der Waals surface area contributed by atoms with Gasteiger partial charge < -0.3 is 9.47 Å². The van der Waals surface area contributed by atoms with Gasteiger partial charge in [-0.3, -0.25) is 0 Å². The van der Waals surface area contributed by atoms with E-state index in [1.165, 1.54) is 0 Å². The van der Waals surface area contributed by atoms with Crippen molar-refractivity contribution in [1.82, 2.24) is 0 Å². The van der Waals surface area contributed by atoms with Crippen LogP contribution in [0.3, 0.4) is 0 Å². The topological polar surface area (TPSA) is 35.5 Å². The highest BCUT2D eigenvalue weighted by Crippen LogP contribution is 2.19. The number of hydrogen-bond acceptors (Lipinski definition) is 3. The van der Waals surface area contributed by atoms with Crippen molar-refractivity contribution >= 4 is 6.16 Å². The lowest BCUT2D eigenvalue weighted by molar-refractivity contribution is -0.0425. The standard InChI is InChI=1S/C13H26O3/c1-7-8-9-13(5,6)16-12(14)15-11(4)10(2)3/h10-11H,7-9H2,1-6H3. The fourth-order valence-corrected chi connectivity index (χ4v) is 1.19. The SMILES string of the molecule is CCCCC(C)(C)OC(=O)OC(C)C(C)C. The summed E-state index contributed by atoms with van der Waals surface area (Å²) in [6.45, 7) is 11.9. The largest absolute Gasteiger partial charge is 0.509 e. The maximum atomic E-state index is 11.5. The first-order valence-electron chi connectivity index (χ1n) is 6.18. The maximum absolute atomic E-state index is 11.5. The summed E-state index contributed by atoms with van der Waals surface area (Å²) in [6.07, 6.45) is 2.37. The maximum Gasteiger partial charge on any atom is 0.509 e. The van der Waals surface area contributed by atoms with Crippen LogP contribution in [0.1, 0.15) is 60.8 Å². The van der Waals surface area contributed by atoms with Crippen LogP contribution in [0.15, 0.2) is 0 Å². The molecular weight excluding hydrogens is 204 g/mol. The van der Waals surface area contributed by atoms with Crippen LogP contribution in [0.2, 0.25) is 0 Å². The van der Waals surface area contributed by atoms with E-state index < -0.39 is 11.8 Å². The van der Waals surface area contributed by atoms with Crippen molar-refractivity contribution in [3.63, 3.8) is 0 Å². The summed E-state index contributed by atoms with van der Waals surface area (Å²) < 4.78 is 10.5. The second kappa shape index (κ2) is 6.77. The fourth-order valence-electron chi connectivity index (χ4n) is 1.19. The van der Waals surface area contributed by atoms with E-state index in [0.29, 0.717) is 5.92 Å². The molecule has 0 amide bonds. The predicted molar refractivity (Wildman–Crippen MR) is 65.5 cm³/mol. The van der Waals surface area contributed by atoms with Gasteiger partial charge in [0, 0.05) is 0 Å². The monoisotopic (exact) mass is 230 g/mol. The Morgan fingerprint density at radius 2 is 1.81 bits per heavy atom. The van der Waals surface area contributed by atoms with Gasteiger partial charge in [0.2, 0.25) is 0 Å². The zero-order chi connectivity index (χ0) is 12.8. The van der Waals surface area contributed by atoms with Crippen molar-refractivity contribution in [1.29, 1.82) is 0 Å². The summed E-state index contributed by atoms with van der Waals surface area (Å²) in [5.74, 6) is 0.311. The van der Waals surface area contributed by atoms with Gasteiger partial charge in [-0.25, -0.2) is 4.79 Å². The molecule has 0 radical (unpaired) electrons. The average molecular weight is 230 g/mol. The van der Waals surface area contributed by atoms with E-state index in [1.54, 1.807) is 0 Å². The lowest BCUT2D eigenvalue weighted by Gasteiger charge is -2.26. The molecule has 0 aromatic heterocycles.